The number of likely N-dealkylation sites (N-methyl/N-ethyl adjacent to an activating group) is 1. The van der Waals surface area contributed by atoms with Crippen molar-refractivity contribution in [2.45, 2.75) is 6.54 Å². The van der Waals surface area contributed by atoms with Crippen LogP contribution < -0.4 is 5.32 Å². The third-order valence-electron chi connectivity index (χ3n) is 2.78. The summed E-state index contributed by atoms with van der Waals surface area (Å²) in [5, 5.41) is 11.4. The van der Waals surface area contributed by atoms with Crippen molar-refractivity contribution in [3.63, 3.8) is 0 Å². The minimum atomic E-state index is -0.279. The van der Waals surface area contributed by atoms with Gasteiger partial charge >= 0.3 is 6.03 Å². The van der Waals surface area contributed by atoms with Crippen LogP contribution >= 0.6 is 0 Å². The molecule has 2 amide bonds. The summed E-state index contributed by atoms with van der Waals surface area (Å²) in [7, 11) is 1.61. The molecule has 0 bridgehead atoms. The Bertz CT molecular complexity index is 554. The number of aliphatic hydroxyl groups excluding tert-OH is 1. The third-order valence-corrected chi connectivity index (χ3v) is 2.78. The van der Waals surface area contributed by atoms with Crippen molar-refractivity contribution in [1.82, 2.24) is 15.2 Å². The van der Waals surface area contributed by atoms with E-state index in [2.05, 4.69) is 10.3 Å². The molecule has 0 aliphatic rings. The largest absolute Gasteiger partial charge is 0.439 e. The molecule has 0 fully saturated rings. The molecule has 0 saturated heterocycles. The molecule has 2 rings (SSSR count). The van der Waals surface area contributed by atoms with Gasteiger partial charge in [0.1, 0.15) is 0 Å². The van der Waals surface area contributed by atoms with E-state index in [0.717, 1.165) is 5.56 Å². The topological polar surface area (TPSA) is 78.6 Å². The molecular formula is C14H17N3O3. The molecule has 1 aromatic carbocycles. The van der Waals surface area contributed by atoms with Crippen LogP contribution in [0.1, 0.15) is 5.89 Å². The number of nitrogens with one attached hydrogen (secondary N) is 1. The Morgan fingerprint density at radius 3 is 2.85 bits per heavy atom. The maximum Gasteiger partial charge on any atom is 0.317 e. The maximum absolute atomic E-state index is 11.6. The highest BCUT2D eigenvalue weighted by Crippen LogP contribution is 2.19. The number of nitrogens with zero attached hydrogens (tertiary/aromatic N) is 2. The van der Waals surface area contributed by atoms with E-state index >= 15 is 0 Å². The predicted octanol–water partition coefficient (Wildman–Crippen LogP) is 1.48. The first-order chi connectivity index (χ1) is 9.70. The van der Waals surface area contributed by atoms with E-state index in [1.807, 2.05) is 30.3 Å². The molecule has 6 heteroatoms. The number of carbonyl (C=O) groups excluding carboxylic acids is 1. The summed E-state index contributed by atoms with van der Waals surface area (Å²) >= 11 is 0. The van der Waals surface area contributed by atoms with Crippen LogP contribution in [0, 0.1) is 0 Å². The van der Waals surface area contributed by atoms with Gasteiger partial charge in [0.15, 0.2) is 5.76 Å². The minimum Gasteiger partial charge on any atom is -0.439 e. The highest BCUT2D eigenvalue weighted by molar-refractivity contribution is 5.73. The van der Waals surface area contributed by atoms with Gasteiger partial charge in [-0.3, -0.25) is 0 Å². The zero-order chi connectivity index (χ0) is 14.4. The first kappa shape index (κ1) is 14.1. The zero-order valence-corrected chi connectivity index (χ0v) is 11.2. The standard InChI is InChI=1S/C14H17N3O3/c1-17(7-8-18)14(19)16-10-13-15-9-12(20-13)11-5-3-2-4-6-11/h2-6,9,18H,7-8,10H2,1H3,(H,16,19). The molecule has 106 valence electrons. The number of benzene rings is 1. The van der Waals surface area contributed by atoms with Crippen molar-refractivity contribution in [1.29, 1.82) is 0 Å². The molecule has 6 nitrogen and oxygen atoms in total. The van der Waals surface area contributed by atoms with Crippen molar-refractivity contribution in [3.8, 4) is 11.3 Å². The van der Waals surface area contributed by atoms with Crippen molar-refractivity contribution >= 4 is 6.03 Å². The van der Waals surface area contributed by atoms with E-state index in [1.54, 1.807) is 13.2 Å². The summed E-state index contributed by atoms with van der Waals surface area (Å²) in [5.41, 5.74) is 0.940. The lowest BCUT2D eigenvalue weighted by molar-refractivity contribution is 0.189. The van der Waals surface area contributed by atoms with Gasteiger partial charge < -0.3 is 19.7 Å². The van der Waals surface area contributed by atoms with Crippen molar-refractivity contribution < 1.29 is 14.3 Å². The second-order valence-corrected chi connectivity index (χ2v) is 4.29. The monoisotopic (exact) mass is 275 g/mol. The van der Waals surface area contributed by atoms with Crippen LogP contribution in [-0.4, -0.2) is 41.2 Å². The lowest BCUT2D eigenvalue weighted by atomic mass is 10.2. The molecule has 1 heterocycles. The smallest absolute Gasteiger partial charge is 0.317 e. The number of oxazole rings is 1. The minimum absolute atomic E-state index is 0.0684. The molecule has 0 atom stereocenters. The van der Waals surface area contributed by atoms with Crippen LogP contribution in [0.2, 0.25) is 0 Å². The summed E-state index contributed by atoms with van der Waals surface area (Å²) in [4.78, 5) is 17.1. The van der Waals surface area contributed by atoms with Crippen LogP contribution in [0.3, 0.4) is 0 Å². The summed E-state index contributed by atoms with van der Waals surface area (Å²) in [6.07, 6.45) is 1.63. The lowest BCUT2D eigenvalue weighted by Gasteiger charge is -2.15. The molecule has 0 aliphatic heterocycles. The van der Waals surface area contributed by atoms with Gasteiger partial charge in [-0.2, -0.15) is 0 Å². The molecule has 0 spiro atoms. The van der Waals surface area contributed by atoms with Crippen LogP contribution in [0.15, 0.2) is 40.9 Å². The molecule has 20 heavy (non-hydrogen) atoms. The fraction of sp³-hybridized carbons (Fsp3) is 0.286. The molecule has 0 radical (unpaired) electrons. The molecule has 2 N–H and O–H groups in total. The van der Waals surface area contributed by atoms with Crippen molar-refractivity contribution in [3.05, 3.63) is 42.4 Å². The maximum atomic E-state index is 11.6. The molecule has 2 aromatic rings. The van der Waals surface area contributed by atoms with Crippen molar-refractivity contribution in [2.75, 3.05) is 20.2 Å². The normalized spacial score (nSPS) is 10.3. The van der Waals surface area contributed by atoms with Gasteiger partial charge in [0.2, 0.25) is 5.89 Å². The van der Waals surface area contributed by atoms with Crippen molar-refractivity contribution in [2.24, 2.45) is 0 Å². The Morgan fingerprint density at radius 2 is 2.15 bits per heavy atom. The third kappa shape index (κ3) is 3.58. The predicted molar refractivity (Wildman–Crippen MR) is 73.9 cm³/mol. The molecule has 1 aromatic heterocycles. The Labute approximate surface area is 117 Å². The second kappa shape index (κ2) is 6.72. The number of carbonyl (C=O) groups is 1. The van der Waals surface area contributed by atoms with Gasteiger partial charge in [-0.05, 0) is 0 Å². The summed E-state index contributed by atoms with van der Waals surface area (Å²) in [6.45, 7) is 0.426. The molecule has 0 saturated carbocycles. The van der Waals surface area contributed by atoms with E-state index in [4.69, 9.17) is 9.52 Å². The van der Waals surface area contributed by atoms with Crippen LogP contribution in [-0.2, 0) is 6.54 Å². The van der Waals surface area contributed by atoms with Gasteiger partial charge in [-0.1, -0.05) is 30.3 Å². The number of urea groups is 1. The lowest BCUT2D eigenvalue weighted by Crippen LogP contribution is -2.38. The van der Waals surface area contributed by atoms with Gasteiger partial charge in [0.25, 0.3) is 0 Å². The number of aliphatic hydroxyl groups is 1. The first-order valence-electron chi connectivity index (χ1n) is 6.30. The highest BCUT2D eigenvalue weighted by Gasteiger charge is 2.10. The van der Waals surface area contributed by atoms with E-state index in [0.29, 0.717) is 11.7 Å². The quantitative estimate of drug-likeness (QED) is 0.866. The Morgan fingerprint density at radius 1 is 1.40 bits per heavy atom. The van der Waals surface area contributed by atoms with E-state index in [9.17, 15) is 4.79 Å². The molecule has 0 aliphatic carbocycles. The zero-order valence-electron chi connectivity index (χ0n) is 11.2. The summed E-state index contributed by atoms with van der Waals surface area (Å²) < 4.78 is 5.57. The SMILES string of the molecule is CN(CCO)C(=O)NCc1ncc(-c2ccccc2)o1. The van der Waals surface area contributed by atoms with Crippen LogP contribution in [0.4, 0.5) is 4.79 Å². The van der Waals surface area contributed by atoms with Gasteiger partial charge in [0.05, 0.1) is 19.3 Å². The van der Waals surface area contributed by atoms with Gasteiger partial charge in [0, 0.05) is 19.2 Å². The number of hydrogen-bond donors (Lipinski definition) is 2. The first-order valence-corrected chi connectivity index (χ1v) is 6.30. The Hall–Kier alpha value is -2.34. The van der Waals surface area contributed by atoms with Crippen LogP contribution in [0.5, 0.6) is 0 Å². The number of hydrogen-bond acceptors (Lipinski definition) is 4. The molecule has 0 unspecified atom stereocenters. The second-order valence-electron chi connectivity index (χ2n) is 4.29. The van der Waals surface area contributed by atoms with E-state index in [1.165, 1.54) is 4.90 Å². The van der Waals surface area contributed by atoms with E-state index < -0.39 is 0 Å². The Kier molecular flexibility index (Phi) is 4.73. The molecular weight excluding hydrogens is 258 g/mol. The average molecular weight is 275 g/mol. The summed E-state index contributed by atoms with van der Waals surface area (Å²) in [5.74, 6) is 1.10. The average Bonchev–Trinajstić information content (AvgIpc) is 2.95. The summed E-state index contributed by atoms with van der Waals surface area (Å²) in [6, 6.07) is 9.35. The Balaban J connectivity index is 1.92. The van der Waals surface area contributed by atoms with Crippen LogP contribution in [0.25, 0.3) is 11.3 Å². The van der Waals surface area contributed by atoms with Gasteiger partial charge in [-0.25, -0.2) is 9.78 Å². The number of rotatable bonds is 5. The fourth-order valence-electron chi connectivity index (χ4n) is 1.67. The van der Waals surface area contributed by atoms with Gasteiger partial charge in [-0.15, -0.1) is 0 Å². The number of amides is 2. The fourth-order valence-corrected chi connectivity index (χ4v) is 1.67. The van der Waals surface area contributed by atoms with E-state index in [-0.39, 0.29) is 25.7 Å². The number of aromatic nitrogens is 1. The highest BCUT2D eigenvalue weighted by atomic mass is 16.4.